The Bertz CT molecular complexity index is 1010. The Morgan fingerprint density at radius 3 is 2.71 bits per heavy atom. The minimum atomic E-state index is -0.154. The van der Waals surface area contributed by atoms with Gasteiger partial charge in [-0.15, -0.1) is 0 Å². The van der Waals surface area contributed by atoms with Crippen LogP contribution in [0.15, 0.2) is 48.8 Å². The molecule has 1 aliphatic carbocycles. The maximum Gasteiger partial charge on any atom is 0.251 e. The molecule has 2 N–H and O–H groups in total. The summed E-state index contributed by atoms with van der Waals surface area (Å²) in [4.78, 5) is 17.6. The number of aliphatic hydroxyl groups excluding tert-OH is 1. The second-order valence-electron chi connectivity index (χ2n) is 7.46. The first kappa shape index (κ1) is 18.4. The van der Waals surface area contributed by atoms with Crippen molar-refractivity contribution in [3.8, 4) is 11.3 Å². The predicted octanol–water partition coefficient (Wildman–Crippen LogP) is 3.16. The molecule has 1 saturated carbocycles. The fourth-order valence-electron chi connectivity index (χ4n) is 3.54. The van der Waals surface area contributed by atoms with Gasteiger partial charge in [0.15, 0.2) is 0 Å². The lowest BCUT2D eigenvalue weighted by Gasteiger charge is -2.19. The van der Waals surface area contributed by atoms with Crippen LogP contribution in [-0.2, 0) is 13.7 Å². The van der Waals surface area contributed by atoms with E-state index in [-0.39, 0.29) is 18.6 Å². The smallest absolute Gasteiger partial charge is 0.251 e. The average molecular weight is 376 g/mol. The highest BCUT2D eigenvalue weighted by atomic mass is 16.3. The highest BCUT2D eigenvalue weighted by Gasteiger charge is 2.34. The molecule has 1 unspecified atom stereocenters. The number of benzene rings is 1. The van der Waals surface area contributed by atoms with Crippen molar-refractivity contribution < 1.29 is 9.90 Å². The molecule has 28 heavy (non-hydrogen) atoms. The minimum absolute atomic E-state index is 0.0923. The number of hydrogen-bond acceptors (Lipinski definition) is 4. The van der Waals surface area contributed by atoms with Gasteiger partial charge in [0.05, 0.1) is 24.0 Å². The fourth-order valence-corrected chi connectivity index (χ4v) is 3.54. The number of carbonyl (C=O) groups excluding carboxylic acids is 1. The van der Waals surface area contributed by atoms with Crippen molar-refractivity contribution in [2.24, 2.45) is 13.0 Å². The largest absolute Gasteiger partial charge is 0.392 e. The number of aryl methyl sites for hydroxylation is 2. The number of hydrogen-bond donors (Lipinski definition) is 2. The van der Waals surface area contributed by atoms with Gasteiger partial charge in [0.1, 0.15) is 0 Å². The van der Waals surface area contributed by atoms with Crippen LogP contribution in [0.1, 0.15) is 46.1 Å². The summed E-state index contributed by atoms with van der Waals surface area (Å²) in [6.07, 6.45) is 5.70. The normalized spacial score (nSPS) is 14.7. The van der Waals surface area contributed by atoms with E-state index in [1.165, 1.54) is 0 Å². The summed E-state index contributed by atoms with van der Waals surface area (Å²) in [6.45, 7) is 1.90. The summed E-state index contributed by atoms with van der Waals surface area (Å²) in [7, 11) is 1.85. The fraction of sp³-hybridized carbons (Fsp3) is 0.318. The van der Waals surface area contributed by atoms with Gasteiger partial charge in [-0.2, -0.15) is 5.10 Å². The van der Waals surface area contributed by atoms with E-state index in [9.17, 15) is 9.90 Å². The zero-order valence-corrected chi connectivity index (χ0v) is 16.1. The average Bonchev–Trinajstić information content (AvgIpc) is 3.45. The van der Waals surface area contributed by atoms with Gasteiger partial charge in [0, 0.05) is 30.6 Å². The van der Waals surface area contributed by atoms with Gasteiger partial charge in [0.2, 0.25) is 0 Å². The summed E-state index contributed by atoms with van der Waals surface area (Å²) in [5, 5.41) is 17.0. The third-order valence-electron chi connectivity index (χ3n) is 5.19. The molecule has 2 aromatic heterocycles. The van der Waals surface area contributed by atoms with Crippen LogP contribution in [0.25, 0.3) is 11.3 Å². The lowest BCUT2D eigenvalue weighted by atomic mass is 10.0. The molecule has 6 heteroatoms. The van der Waals surface area contributed by atoms with Gasteiger partial charge in [-0.05, 0) is 73.2 Å². The number of nitrogens with zero attached hydrogens (tertiary/aromatic N) is 3. The summed E-state index contributed by atoms with van der Waals surface area (Å²) in [5.74, 6) is 0.273. The molecule has 1 aliphatic rings. The number of pyridine rings is 1. The first-order valence-electron chi connectivity index (χ1n) is 9.52. The SMILES string of the molecule is Cc1ccnc(C(NC(=O)c2cc(CO)cc(-c3ccnn3C)c2)C2CC2)c1. The number of amides is 1. The molecule has 1 aromatic carbocycles. The van der Waals surface area contributed by atoms with E-state index in [0.29, 0.717) is 17.0 Å². The molecule has 0 saturated heterocycles. The molecule has 0 bridgehead atoms. The molecule has 1 amide bonds. The molecular formula is C22H24N4O2. The molecule has 2 heterocycles. The summed E-state index contributed by atoms with van der Waals surface area (Å²) in [5.41, 5.74) is 5.00. The van der Waals surface area contributed by atoms with Crippen LogP contribution >= 0.6 is 0 Å². The molecule has 6 nitrogen and oxygen atoms in total. The van der Waals surface area contributed by atoms with Crippen molar-refractivity contribution in [2.45, 2.75) is 32.4 Å². The predicted molar refractivity (Wildman–Crippen MR) is 106 cm³/mol. The molecule has 1 atom stereocenters. The molecule has 0 radical (unpaired) electrons. The number of aliphatic hydroxyl groups is 1. The van der Waals surface area contributed by atoms with E-state index in [1.54, 1.807) is 23.1 Å². The van der Waals surface area contributed by atoms with Crippen molar-refractivity contribution in [3.63, 3.8) is 0 Å². The van der Waals surface area contributed by atoms with Gasteiger partial charge in [-0.3, -0.25) is 14.5 Å². The Morgan fingerprint density at radius 2 is 2.07 bits per heavy atom. The maximum absolute atomic E-state index is 13.1. The highest BCUT2D eigenvalue weighted by molar-refractivity contribution is 5.96. The quantitative estimate of drug-likeness (QED) is 0.693. The van der Waals surface area contributed by atoms with Crippen molar-refractivity contribution >= 4 is 5.91 Å². The van der Waals surface area contributed by atoms with Crippen LogP contribution in [0.5, 0.6) is 0 Å². The van der Waals surface area contributed by atoms with E-state index < -0.39 is 0 Å². The standard InChI is InChI=1S/C22H24N4O2/c1-14-5-7-23-19(9-14)21(16-3-4-16)25-22(28)18-11-15(13-27)10-17(12-18)20-6-8-24-26(20)2/h5-12,16,21,27H,3-4,13H2,1-2H3,(H,25,28). The molecule has 1 fully saturated rings. The number of rotatable bonds is 6. The van der Waals surface area contributed by atoms with Gasteiger partial charge >= 0.3 is 0 Å². The molecule has 0 spiro atoms. The Labute approximate surface area is 164 Å². The zero-order chi connectivity index (χ0) is 19.7. The molecule has 0 aliphatic heterocycles. The molecule has 4 rings (SSSR count). The van der Waals surface area contributed by atoms with Crippen LogP contribution in [0.4, 0.5) is 0 Å². The van der Waals surface area contributed by atoms with Gasteiger partial charge < -0.3 is 10.4 Å². The summed E-state index contributed by atoms with van der Waals surface area (Å²) >= 11 is 0. The monoisotopic (exact) mass is 376 g/mol. The van der Waals surface area contributed by atoms with E-state index in [1.807, 2.05) is 44.3 Å². The lowest BCUT2D eigenvalue weighted by molar-refractivity contribution is 0.0930. The van der Waals surface area contributed by atoms with Crippen molar-refractivity contribution in [2.75, 3.05) is 0 Å². The second-order valence-corrected chi connectivity index (χ2v) is 7.46. The Balaban J connectivity index is 1.64. The van der Waals surface area contributed by atoms with Crippen LogP contribution in [0, 0.1) is 12.8 Å². The van der Waals surface area contributed by atoms with E-state index in [2.05, 4.69) is 15.4 Å². The summed E-state index contributed by atoms with van der Waals surface area (Å²) < 4.78 is 1.75. The maximum atomic E-state index is 13.1. The van der Waals surface area contributed by atoms with E-state index in [4.69, 9.17) is 0 Å². The highest BCUT2D eigenvalue weighted by Crippen LogP contribution is 2.40. The van der Waals surface area contributed by atoms with Crippen LogP contribution in [0.3, 0.4) is 0 Å². The Hall–Kier alpha value is -2.99. The van der Waals surface area contributed by atoms with Crippen molar-refractivity contribution in [1.29, 1.82) is 0 Å². The number of aromatic nitrogens is 3. The molecule has 3 aromatic rings. The van der Waals surface area contributed by atoms with E-state index in [0.717, 1.165) is 35.4 Å². The van der Waals surface area contributed by atoms with Crippen LogP contribution in [-0.4, -0.2) is 25.8 Å². The van der Waals surface area contributed by atoms with Gasteiger partial charge in [-0.1, -0.05) is 0 Å². The lowest BCUT2D eigenvalue weighted by Crippen LogP contribution is -2.30. The Morgan fingerprint density at radius 1 is 1.25 bits per heavy atom. The summed E-state index contributed by atoms with van der Waals surface area (Å²) in [6, 6.07) is 11.3. The first-order chi connectivity index (χ1) is 13.5. The first-order valence-corrected chi connectivity index (χ1v) is 9.52. The third kappa shape index (κ3) is 3.82. The van der Waals surface area contributed by atoms with Crippen molar-refractivity contribution in [3.05, 3.63) is 71.2 Å². The van der Waals surface area contributed by atoms with Crippen LogP contribution in [0.2, 0.25) is 0 Å². The molecular weight excluding hydrogens is 352 g/mol. The van der Waals surface area contributed by atoms with Crippen molar-refractivity contribution in [1.82, 2.24) is 20.1 Å². The van der Waals surface area contributed by atoms with E-state index >= 15 is 0 Å². The Kier molecular flexibility index (Phi) is 4.96. The number of nitrogens with one attached hydrogen (secondary N) is 1. The van der Waals surface area contributed by atoms with Crippen LogP contribution < -0.4 is 5.32 Å². The van der Waals surface area contributed by atoms with Gasteiger partial charge in [0.25, 0.3) is 5.91 Å². The number of carbonyl (C=O) groups is 1. The molecule has 144 valence electrons. The zero-order valence-electron chi connectivity index (χ0n) is 16.1. The second kappa shape index (κ2) is 7.56. The minimum Gasteiger partial charge on any atom is -0.392 e. The third-order valence-corrected chi connectivity index (χ3v) is 5.19. The van der Waals surface area contributed by atoms with Gasteiger partial charge in [-0.25, -0.2) is 0 Å². The topological polar surface area (TPSA) is 80.0 Å².